The van der Waals surface area contributed by atoms with E-state index >= 15 is 0 Å². The van der Waals surface area contributed by atoms with Gasteiger partial charge in [-0.2, -0.15) is 0 Å². The van der Waals surface area contributed by atoms with E-state index in [1.54, 1.807) is 31.3 Å². The third kappa shape index (κ3) is 6.11. The van der Waals surface area contributed by atoms with E-state index in [9.17, 15) is 9.59 Å². The number of likely N-dealkylation sites (N-methyl/N-ethyl adjacent to an activating group) is 1. The molecule has 2 aromatic carbocycles. The molecule has 2 amide bonds. The summed E-state index contributed by atoms with van der Waals surface area (Å²) in [6.45, 7) is 3.84. The Kier molecular flexibility index (Phi) is 7.37. The Morgan fingerprint density at radius 3 is 2.11 bits per heavy atom. The summed E-state index contributed by atoms with van der Waals surface area (Å²) in [5, 5.41) is 5.45. The lowest BCUT2D eigenvalue weighted by Crippen LogP contribution is -2.32. The van der Waals surface area contributed by atoms with Crippen molar-refractivity contribution >= 4 is 23.2 Å². The van der Waals surface area contributed by atoms with Crippen LogP contribution in [0.2, 0.25) is 0 Å². The zero-order valence-electron chi connectivity index (χ0n) is 16.5. The van der Waals surface area contributed by atoms with Gasteiger partial charge in [0.15, 0.2) is 0 Å². The molecule has 0 bridgehead atoms. The topological polar surface area (TPSA) is 64.7 Å². The van der Waals surface area contributed by atoms with Gasteiger partial charge in [0.2, 0.25) is 5.91 Å². The van der Waals surface area contributed by atoms with E-state index in [-0.39, 0.29) is 11.8 Å². The summed E-state index contributed by atoms with van der Waals surface area (Å²) in [5.74, 6) is -0.222. The van der Waals surface area contributed by atoms with Crippen LogP contribution in [0.4, 0.5) is 11.4 Å². The predicted octanol–water partition coefficient (Wildman–Crippen LogP) is 2.57. The van der Waals surface area contributed by atoms with Gasteiger partial charge in [0.25, 0.3) is 5.91 Å². The number of hydrogen-bond donors (Lipinski definition) is 2. The highest BCUT2D eigenvalue weighted by Gasteiger charge is 2.11. The minimum Gasteiger partial charge on any atom is -0.378 e. The number of amides is 2. The number of benzene rings is 2. The van der Waals surface area contributed by atoms with E-state index in [2.05, 4.69) is 44.7 Å². The average Bonchev–Trinajstić information content (AvgIpc) is 2.67. The molecule has 0 unspecified atom stereocenters. The first-order valence-corrected chi connectivity index (χ1v) is 9.03. The van der Waals surface area contributed by atoms with Crippen LogP contribution in [0.1, 0.15) is 22.8 Å². The Morgan fingerprint density at radius 1 is 0.963 bits per heavy atom. The number of carbonyl (C=O) groups is 2. The van der Waals surface area contributed by atoms with Crippen molar-refractivity contribution in [2.75, 3.05) is 44.4 Å². The summed E-state index contributed by atoms with van der Waals surface area (Å²) in [6.07, 6.45) is 0. The lowest BCUT2D eigenvalue weighted by atomic mass is 10.2. The number of rotatable bonds is 8. The fraction of sp³-hybridized carbons (Fsp3) is 0.333. The standard InChI is InChI=1S/C21H28N4O2/c1-5-25(14-16-6-12-19(13-7-16)24(3)4)15-20(26)23-18-10-8-17(9-11-18)21(27)22-2/h6-13H,5,14-15H2,1-4H3,(H,22,27)(H,23,26). The number of hydrogen-bond acceptors (Lipinski definition) is 4. The van der Waals surface area contributed by atoms with Crippen LogP contribution in [0.25, 0.3) is 0 Å². The van der Waals surface area contributed by atoms with Gasteiger partial charge < -0.3 is 15.5 Å². The Hall–Kier alpha value is -2.86. The molecule has 6 heteroatoms. The maximum Gasteiger partial charge on any atom is 0.251 e. The first-order chi connectivity index (χ1) is 12.9. The molecule has 6 nitrogen and oxygen atoms in total. The molecule has 0 fully saturated rings. The van der Waals surface area contributed by atoms with Crippen molar-refractivity contribution in [1.82, 2.24) is 10.2 Å². The van der Waals surface area contributed by atoms with Gasteiger partial charge in [0, 0.05) is 44.6 Å². The van der Waals surface area contributed by atoms with Gasteiger partial charge in [-0.3, -0.25) is 14.5 Å². The van der Waals surface area contributed by atoms with Gasteiger partial charge in [0.05, 0.1) is 6.54 Å². The zero-order chi connectivity index (χ0) is 19.8. The lowest BCUT2D eigenvalue weighted by Gasteiger charge is -2.20. The van der Waals surface area contributed by atoms with E-state index in [0.717, 1.165) is 12.2 Å². The summed E-state index contributed by atoms with van der Waals surface area (Å²) in [5.41, 5.74) is 3.57. The molecule has 144 valence electrons. The van der Waals surface area contributed by atoms with Crippen LogP contribution in [0.15, 0.2) is 48.5 Å². The molecule has 0 radical (unpaired) electrons. The van der Waals surface area contributed by atoms with Gasteiger partial charge in [-0.15, -0.1) is 0 Å². The van der Waals surface area contributed by atoms with Crippen molar-refractivity contribution in [3.63, 3.8) is 0 Å². The number of nitrogens with one attached hydrogen (secondary N) is 2. The fourth-order valence-corrected chi connectivity index (χ4v) is 2.69. The molecule has 2 N–H and O–H groups in total. The molecule has 0 aliphatic heterocycles. The first kappa shape index (κ1) is 20.5. The highest BCUT2D eigenvalue weighted by molar-refractivity contribution is 5.96. The fourth-order valence-electron chi connectivity index (χ4n) is 2.69. The van der Waals surface area contributed by atoms with Crippen LogP contribution in [-0.4, -0.2) is 50.9 Å². The first-order valence-electron chi connectivity index (χ1n) is 9.03. The van der Waals surface area contributed by atoms with E-state index in [1.807, 2.05) is 21.0 Å². The van der Waals surface area contributed by atoms with Crippen LogP contribution < -0.4 is 15.5 Å². The zero-order valence-corrected chi connectivity index (χ0v) is 16.5. The second kappa shape index (κ2) is 9.73. The van der Waals surface area contributed by atoms with Gasteiger partial charge >= 0.3 is 0 Å². The highest BCUT2D eigenvalue weighted by Crippen LogP contribution is 2.14. The molecule has 0 saturated carbocycles. The molecule has 0 saturated heterocycles. The minimum absolute atomic E-state index is 0.0746. The van der Waals surface area contributed by atoms with Crippen LogP contribution in [0, 0.1) is 0 Å². The number of nitrogens with zero attached hydrogens (tertiary/aromatic N) is 2. The van der Waals surface area contributed by atoms with Gasteiger partial charge in [-0.05, 0) is 48.5 Å². The van der Waals surface area contributed by atoms with Crippen molar-refractivity contribution in [2.24, 2.45) is 0 Å². The summed E-state index contributed by atoms with van der Waals surface area (Å²) >= 11 is 0. The monoisotopic (exact) mass is 368 g/mol. The van der Waals surface area contributed by atoms with Crippen LogP contribution >= 0.6 is 0 Å². The summed E-state index contributed by atoms with van der Waals surface area (Å²) in [6, 6.07) is 15.2. The highest BCUT2D eigenvalue weighted by atomic mass is 16.2. The van der Waals surface area contributed by atoms with Crippen LogP contribution in [0.5, 0.6) is 0 Å². The predicted molar refractivity (Wildman–Crippen MR) is 110 cm³/mol. The maximum atomic E-state index is 12.4. The quantitative estimate of drug-likeness (QED) is 0.752. The summed E-state index contributed by atoms with van der Waals surface area (Å²) in [7, 11) is 5.61. The van der Waals surface area contributed by atoms with Crippen molar-refractivity contribution < 1.29 is 9.59 Å². The van der Waals surface area contributed by atoms with Gasteiger partial charge in [-0.25, -0.2) is 0 Å². The molecule has 2 aromatic rings. The van der Waals surface area contributed by atoms with Crippen molar-refractivity contribution in [2.45, 2.75) is 13.5 Å². The van der Waals surface area contributed by atoms with Crippen LogP contribution in [0.3, 0.4) is 0 Å². The summed E-state index contributed by atoms with van der Waals surface area (Å²) < 4.78 is 0. The molecule has 0 heterocycles. The van der Waals surface area contributed by atoms with E-state index < -0.39 is 0 Å². The lowest BCUT2D eigenvalue weighted by molar-refractivity contribution is -0.117. The Labute approximate surface area is 161 Å². The van der Waals surface area contributed by atoms with Crippen molar-refractivity contribution in [3.05, 3.63) is 59.7 Å². The number of anilines is 2. The molecular weight excluding hydrogens is 340 g/mol. The molecule has 27 heavy (non-hydrogen) atoms. The third-order valence-electron chi connectivity index (χ3n) is 4.33. The minimum atomic E-state index is -0.148. The summed E-state index contributed by atoms with van der Waals surface area (Å²) in [4.78, 5) is 28.0. The van der Waals surface area contributed by atoms with Crippen molar-refractivity contribution in [1.29, 1.82) is 0 Å². The average molecular weight is 368 g/mol. The van der Waals surface area contributed by atoms with Gasteiger partial charge in [0.1, 0.15) is 0 Å². The van der Waals surface area contributed by atoms with E-state index in [4.69, 9.17) is 0 Å². The molecule has 0 spiro atoms. The molecule has 0 aliphatic rings. The molecule has 0 aliphatic carbocycles. The normalized spacial score (nSPS) is 10.6. The van der Waals surface area contributed by atoms with Crippen molar-refractivity contribution in [3.8, 4) is 0 Å². The maximum absolute atomic E-state index is 12.4. The second-order valence-corrected chi connectivity index (χ2v) is 6.57. The van der Waals surface area contributed by atoms with E-state index in [0.29, 0.717) is 24.3 Å². The smallest absolute Gasteiger partial charge is 0.251 e. The molecule has 0 atom stereocenters. The van der Waals surface area contributed by atoms with E-state index in [1.165, 1.54) is 5.56 Å². The SMILES string of the molecule is CCN(CC(=O)Nc1ccc(C(=O)NC)cc1)Cc1ccc(N(C)C)cc1. The molecule has 2 rings (SSSR count). The van der Waals surface area contributed by atoms with Crippen LogP contribution in [-0.2, 0) is 11.3 Å². The molecule has 0 aromatic heterocycles. The Morgan fingerprint density at radius 2 is 1.59 bits per heavy atom. The Balaban J connectivity index is 1.91. The van der Waals surface area contributed by atoms with Gasteiger partial charge in [-0.1, -0.05) is 19.1 Å². The Bertz CT molecular complexity index is 755. The molecular formula is C21H28N4O2. The largest absolute Gasteiger partial charge is 0.378 e. The second-order valence-electron chi connectivity index (χ2n) is 6.57. The third-order valence-corrected chi connectivity index (χ3v) is 4.33. The number of carbonyl (C=O) groups excluding carboxylic acids is 2.